The molecule has 1 aromatic heterocycles. The molecule has 0 radical (unpaired) electrons. The largest absolute Gasteiger partial charge is 0.352 e. The van der Waals surface area contributed by atoms with Gasteiger partial charge >= 0.3 is 0 Å². The molecule has 4 heteroatoms. The molecular weight excluding hydrogens is 220 g/mol. The monoisotopic (exact) mass is 240 g/mol. The lowest BCUT2D eigenvalue weighted by Gasteiger charge is -2.17. The molecule has 0 aliphatic rings. The Kier molecular flexibility index (Phi) is 5.49. The number of thiophene rings is 1. The topological polar surface area (TPSA) is 41.1 Å². The summed E-state index contributed by atoms with van der Waals surface area (Å²) in [6, 6.07) is 4.31. The van der Waals surface area contributed by atoms with Crippen molar-refractivity contribution in [1.82, 2.24) is 10.6 Å². The molecule has 0 saturated carbocycles. The van der Waals surface area contributed by atoms with Crippen molar-refractivity contribution in [3.05, 3.63) is 22.4 Å². The van der Waals surface area contributed by atoms with Gasteiger partial charge in [-0.1, -0.05) is 19.9 Å². The lowest BCUT2D eigenvalue weighted by Crippen LogP contribution is -2.41. The van der Waals surface area contributed by atoms with Crippen LogP contribution in [0.15, 0.2) is 17.5 Å². The molecule has 16 heavy (non-hydrogen) atoms. The molecule has 1 amide bonds. The molecule has 0 aliphatic heterocycles. The summed E-state index contributed by atoms with van der Waals surface area (Å²) in [5.41, 5.74) is 0. The Morgan fingerprint density at radius 1 is 1.44 bits per heavy atom. The minimum atomic E-state index is 0.0674. The molecule has 0 aliphatic carbocycles. The van der Waals surface area contributed by atoms with Crippen molar-refractivity contribution in [1.29, 1.82) is 0 Å². The van der Waals surface area contributed by atoms with Crippen LogP contribution in [0.3, 0.4) is 0 Å². The maximum absolute atomic E-state index is 11.5. The first-order chi connectivity index (χ1) is 7.59. The highest BCUT2D eigenvalue weighted by molar-refractivity contribution is 7.09. The predicted octanol–water partition coefficient (Wildman–Crippen LogP) is 2.00. The lowest BCUT2D eigenvalue weighted by atomic mass is 10.1. The van der Waals surface area contributed by atoms with Crippen LogP contribution in [-0.2, 0) is 11.3 Å². The predicted molar refractivity (Wildman–Crippen MR) is 68.5 cm³/mol. The third-order valence-electron chi connectivity index (χ3n) is 2.55. The second kappa shape index (κ2) is 6.66. The number of hydrogen-bond donors (Lipinski definition) is 2. The van der Waals surface area contributed by atoms with E-state index in [1.807, 2.05) is 18.4 Å². The summed E-state index contributed by atoms with van der Waals surface area (Å²) < 4.78 is 0. The maximum atomic E-state index is 11.5. The SMILES string of the molecule is CC(C)C(C)NC(=O)CNCc1cccs1. The number of rotatable bonds is 6. The molecule has 2 N–H and O–H groups in total. The third-order valence-corrected chi connectivity index (χ3v) is 3.43. The van der Waals surface area contributed by atoms with Crippen LogP contribution in [0.1, 0.15) is 25.6 Å². The molecular formula is C12H20N2OS. The first-order valence-corrected chi connectivity index (χ1v) is 6.50. The smallest absolute Gasteiger partial charge is 0.234 e. The van der Waals surface area contributed by atoms with E-state index >= 15 is 0 Å². The number of amides is 1. The number of carbonyl (C=O) groups excluding carboxylic acids is 1. The van der Waals surface area contributed by atoms with Crippen molar-refractivity contribution in [3.8, 4) is 0 Å². The van der Waals surface area contributed by atoms with Crippen LogP contribution in [0.4, 0.5) is 0 Å². The van der Waals surface area contributed by atoms with Crippen LogP contribution >= 0.6 is 11.3 Å². The minimum absolute atomic E-state index is 0.0674. The zero-order valence-electron chi connectivity index (χ0n) is 10.1. The van der Waals surface area contributed by atoms with Gasteiger partial charge in [0.2, 0.25) is 5.91 Å². The van der Waals surface area contributed by atoms with Gasteiger partial charge in [-0.15, -0.1) is 11.3 Å². The molecule has 0 saturated heterocycles. The Morgan fingerprint density at radius 2 is 2.19 bits per heavy atom. The van der Waals surface area contributed by atoms with Crippen LogP contribution < -0.4 is 10.6 Å². The Labute approximate surface area is 101 Å². The molecule has 0 bridgehead atoms. The number of carbonyl (C=O) groups is 1. The van der Waals surface area contributed by atoms with Gasteiger partial charge in [-0.05, 0) is 24.3 Å². The molecule has 0 aromatic carbocycles. The van der Waals surface area contributed by atoms with Gasteiger partial charge in [0.05, 0.1) is 6.54 Å². The summed E-state index contributed by atoms with van der Waals surface area (Å²) in [6.45, 7) is 7.38. The van der Waals surface area contributed by atoms with E-state index in [2.05, 4.69) is 30.5 Å². The molecule has 90 valence electrons. The highest BCUT2D eigenvalue weighted by Crippen LogP contribution is 2.06. The summed E-state index contributed by atoms with van der Waals surface area (Å²) in [5, 5.41) is 8.13. The Hall–Kier alpha value is -0.870. The van der Waals surface area contributed by atoms with Gasteiger partial charge in [0.15, 0.2) is 0 Å². The fraction of sp³-hybridized carbons (Fsp3) is 0.583. The first-order valence-electron chi connectivity index (χ1n) is 5.62. The standard InChI is InChI=1S/C12H20N2OS/c1-9(2)10(3)14-12(15)8-13-7-11-5-4-6-16-11/h4-6,9-10,13H,7-8H2,1-3H3,(H,14,15). The molecule has 3 nitrogen and oxygen atoms in total. The van der Waals surface area contributed by atoms with Crippen molar-refractivity contribution in [2.75, 3.05) is 6.54 Å². The van der Waals surface area contributed by atoms with E-state index in [0.29, 0.717) is 12.5 Å². The van der Waals surface area contributed by atoms with Gasteiger partial charge in [0.1, 0.15) is 0 Å². The van der Waals surface area contributed by atoms with Crippen LogP contribution in [0.5, 0.6) is 0 Å². The number of nitrogens with one attached hydrogen (secondary N) is 2. The van der Waals surface area contributed by atoms with Crippen molar-refractivity contribution >= 4 is 17.2 Å². The quantitative estimate of drug-likeness (QED) is 0.798. The summed E-state index contributed by atoms with van der Waals surface area (Å²) >= 11 is 1.70. The summed E-state index contributed by atoms with van der Waals surface area (Å²) in [7, 11) is 0. The van der Waals surface area contributed by atoms with Gasteiger partial charge in [0.25, 0.3) is 0 Å². The van der Waals surface area contributed by atoms with Crippen molar-refractivity contribution in [3.63, 3.8) is 0 Å². The molecule has 1 unspecified atom stereocenters. The fourth-order valence-corrected chi connectivity index (χ4v) is 1.86. The average Bonchev–Trinajstić information content (AvgIpc) is 2.70. The summed E-state index contributed by atoms with van der Waals surface area (Å²) in [6.07, 6.45) is 0. The van der Waals surface area contributed by atoms with E-state index in [4.69, 9.17) is 0 Å². The molecule has 1 heterocycles. The van der Waals surface area contributed by atoms with Gasteiger partial charge in [-0.25, -0.2) is 0 Å². The number of hydrogen-bond acceptors (Lipinski definition) is 3. The zero-order valence-corrected chi connectivity index (χ0v) is 10.9. The fourth-order valence-electron chi connectivity index (χ4n) is 1.18. The zero-order chi connectivity index (χ0) is 12.0. The second-order valence-electron chi connectivity index (χ2n) is 4.28. The van der Waals surface area contributed by atoms with Gasteiger partial charge in [0, 0.05) is 17.5 Å². The van der Waals surface area contributed by atoms with Crippen LogP contribution in [0, 0.1) is 5.92 Å². The highest BCUT2D eigenvalue weighted by atomic mass is 32.1. The van der Waals surface area contributed by atoms with Crippen molar-refractivity contribution in [2.45, 2.75) is 33.4 Å². The van der Waals surface area contributed by atoms with E-state index in [1.54, 1.807) is 11.3 Å². The van der Waals surface area contributed by atoms with E-state index in [0.717, 1.165) is 6.54 Å². The van der Waals surface area contributed by atoms with E-state index in [-0.39, 0.29) is 11.9 Å². The summed E-state index contributed by atoms with van der Waals surface area (Å²) in [4.78, 5) is 12.8. The highest BCUT2D eigenvalue weighted by Gasteiger charge is 2.09. The lowest BCUT2D eigenvalue weighted by molar-refractivity contribution is -0.121. The average molecular weight is 240 g/mol. The van der Waals surface area contributed by atoms with E-state index in [9.17, 15) is 4.79 Å². The van der Waals surface area contributed by atoms with E-state index in [1.165, 1.54) is 4.88 Å². The molecule has 0 spiro atoms. The molecule has 1 atom stereocenters. The molecule has 0 fully saturated rings. The second-order valence-corrected chi connectivity index (χ2v) is 5.32. The van der Waals surface area contributed by atoms with Gasteiger partial charge < -0.3 is 10.6 Å². The van der Waals surface area contributed by atoms with Gasteiger partial charge in [-0.2, -0.15) is 0 Å². The maximum Gasteiger partial charge on any atom is 0.234 e. The van der Waals surface area contributed by atoms with E-state index < -0.39 is 0 Å². The Bertz CT molecular complexity index is 309. The van der Waals surface area contributed by atoms with Crippen molar-refractivity contribution < 1.29 is 4.79 Å². The molecule has 1 rings (SSSR count). The Balaban J connectivity index is 2.15. The van der Waals surface area contributed by atoms with Crippen LogP contribution in [0.2, 0.25) is 0 Å². The third kappa shape index (κ3) is 4.77. The van der Waals surface area contributed by atoms with Crippen LogP contribution in [0.25, 0.3) is 0 Å². The van der Waals surface area contributed by atoms with Crippen LogP contribution in [-0.4, -0.2) is 18.5 Å². The summed E-state index contributed by atoms with van der Waals surface area (Å²) in [5.74, 6) is 0.541. The van der Waals surface area contributed by atoms with Gasteiger partial charge in [-0.3, -0.25) is 4.79 Å². The van der Waals surface area contributed by atoms with Crippen molar-refractivity contribution in [2.24, 2.45) is 5.92 Å². The molecule has 1 aromatic rings. The first kappa shape index (κ1) is 13.2. The Morgan fingerprint density at radius 3 is 2.75 bits per heavy atom. The minimum Gasteiger partial charge on any atom is -0.352 e. The normalized spacial score (nSPS) is 12.8.